The van der Waals surface area contributed by atoms with Gasteiger partial charge >= 0.3 is 5.97 Å². The SMILES string of the molecule is CCOC(=O)C1(c2nc3ccc(C)cc3[nH]2)CC1. The van der Waals surface area contributed by atoms with Gasteiger partial charge in [0.05, 0.1) is 17.6 Å². The van der Waals surface area contributed by atoms with E-state index in [9.17, 15) is 4.79 Å². The Morgan fingerprint density at radius 2 is 2.28 bits per heavy atom. The van der Waals surface area contributed by atoms with Gasteiger partial charge in [-0.1, -0.05) is 6.07 Å². The summed E-state index contributed by atoms with van der Waals surface area (Å²) in [5.74, 6) is 0.599. The van der Waals surface area contributed by atoms with Crippen LogP contribution >= 0.6 is 0 Å². The van der Waals surface area contributed by atoms with Crippen LogP contribution in [0.1, 0.15) is 31.2 Å². The number of hydrogen-bond acceptors (Lipinski definition) is 3. The van der Waals surface area contributed by atoms with Gasteiger partial charge in [0.25, 0.3) is 0 Å². The quantitative estimate of drug-likeness (QED) is 0.844. The number of benzene rings is 1. The Hall–Kier alpha value is -1.84. The van der Waals surface area contributed by atoms with Crippen LogP contribution in [0.15, 0.2) is 18.2 Å². The van der Waals surface area contributed by atoms with E-state index in [1.165, 1.54) is 5.56 Å². The fourth-order valence-electron chi connectivity index (χ4n) is 2.28. The average molecular weight is 244 g/mol. The van der Waals surface area contributed by atoms with E-state index in [0.29, 0.717) is 6.61 Å². The lowest BCUT2D eigenvalue weighted by Gasteiger charge is -2.10. The van der Waals surface area contributed by atoms with Gasteiger partial charge in [-0.15, -0.1) is 0 Å². The van der Waals surface area contributed by atoms with E-state index in [1.54, 1.807) is 0 Å². The van der Waals surface area contributed by atoms with E-state index in [2.05, 4.69) is 9.97 Å². The van der Waals surface area contributed by atoms with Crippen molar-refractivity contribution in [1.82, 2.24) is 9.97 Å². The smallest absolute Gasteiger partial charge is 0.319 e. The number of esters is 1. The maximum Gasteiger partial charge on any atom is 0.319 e. The summed E-state index contributed by atoms with van der Waals surface area (Å²) in [5.41, 5.74) is 2.56. The number of aromatic amines is 1. The normalized spacial score (nSPS) is 16.8. The number of rotatable bonds is 3. The number of nitrogens with zero attached hydrogens (tertiary/aromatic N) is 1. The largest absolute Gasteiger partial charge is 0.465 e. The molecular weight excluding hydrogens is 228 g/mol. The van der Waals surface area contributed by atoms with Crippen LogP contribution in [0.2, 0.25) is 0 Å². The Balaban J connectivity index is 2.02. The molecule has 1 aliphatic carbocycles. The minimum atomic E-state index is -0.511. The third-order valence-electron chi connectivity index (χ3n) is 3.51. The molecular formula is C14H16N2O2. The highest BCUT2D eigenvalue weighted by atomic mass is 16.5. The van der Waals surface area contributed by atoms with Gasteiger partial charge in [0.2, 0.25) is 0 Å². The Labute approximate surface area is 105 Å². The molecule has 0 atom stereocenters. The highest BCUT2D eigenvalue weighted by molar-refractivity contribution is 5.87. The molecule has 0 aliphatic heterocycles. The van der Waals surface area contributed by atoms with Gasteiger partial charge in [-0.3, -0.25) is 4.79 Å². The van der Waals surface area contributed by atoms with Crippen molar-refractivity contribution in [3.8, 4) is 0 Å². The summed E-state index contributed by atoms with van der Waals surface area (Å²) in [6, 6.07) is 6.05. The fraction of sp³-hybridized carbons (Fsp3) is 0.429. The van der Waals surface area contributed by atoms with Crippen molar-refractivity contribution in [3.63, 3.8) is 0 Å². The number of carbonyl (C=O) groups is 1. The molecule has 18 heavy (non-hydrogen) atoms. The molecule has 1 N–H and O–H groups in total. The number of aryl methyl sites for hydroxylation is 1. The molecule has 0 amide bonds. The maximum absolute atomic E-state index is 12.0. The van der Waals surface area contributed by atoms with Gasteiger partial charge in [0, 0.05) is 0 Å². The highest BCUT2D eigenvalue weighted by Gasteiger charge is 2.55. The Kier molecular flexibility index (Phi) is 2.40. The van der Waals surface area contributed by atoms with E-state index in [4.69, 9.17) is 4.74 Å². The molecule has 4 nitrogen and oxygen atoms in total. The first-order valence-corrected chi connectivity index (χ1v) is 6.30. The summed E-state index contributed by atoms with van der Waals surface area (Å²) in [4.78, 5) is 19.8. The summed E-state index contributed by atoms with van der Waals surface area (Å²) in [7, 11) is 0. The zero-order chi connectivity index (χ0) is 12.8. The van der Waals surface area contributed by atoms with Crippen molar-refractivity contribution in [1.29, 1.82) is 0 Å². The Morgan fingerprint density at radius 1 is 1.50 bits per heavy atom. The zero-order valence-corrected chi connectivity index (χ0v) is 10.6. The molecule has 1 aromatic carbocycles. The number of hydrogen-bond donors (Lipinski definition) is 1. The number of imidazole rings is 1. The molecule has 4 heteroatoms. The lowest BCUT2D eigenvalue weighted by molar-refractivity contribution is -0.146. The van der Waals surface area contributed by atoms with E-state index in [0.717, 1.165) is 29.7 Å². The third-order valence-corrected chi connectivity index (χ3v) is 3.51. The Bertz CT molecular complexity index is 611. The lowest BCUT2D eigenvalue weighted by Crippen LogP contribution is -2.24. The molecule has 1 fully saturated rings. The first-order chi connectivity index (χ1) is 8.65. The van der Waals surface area contributed by atoms with E-state index in [-0.39, 0.29) is 5.97 Å². The predicted molar refractivity (Wildman–Crippen MR) is 68.4 cm³/mol. The van der Waals surface area contributed by atoms with Crippen LogP contribution in [0.3, 0.4) is 0 Å². The predicted octanol–water partition coefficient (Wildman–Crippen LogP) is 2.47. The van der Waals surface area contributed by atoms with Crippen molar-refractivity contribution in [2.75, 3.05) is 6.61 Å². The topological polar surface area (TPSA) is 55.0 Å². The number of carbonyl (C=O) groups excluding carboxylic acids is 1. The zero-order valence-electron chi connectivity index (χ0n) is 10.6. The van der Waals surface area contributed by atoms with Crippen molar-refractivity contribution < 1.29 is 9.53 Å². The number of H-pyrrole nitrogens is 1. The molecule has 1 aromatic heterocycles. The first kappa shape index (κ1) is 11.3. The molecule has 94 valence electrons. The molecule has 2 aromatic rings. The molecule has 1 heterocycles. The second-order valence-corrected chi connectivity index (χ2v) is 4.91. The number of ether oxygens (including phenoxy) is 1. The molecule has 3 rings (SSSR count). The fourth-order valence-corrected chi connectivity index (χ4v) is 2.28. The number of aromatic nitrogens is 2. The van der Waals surface area contributed by atoms with E-state index in [1.807, 2.05) is 32.0 Å². The highest BCUT2D eigenvalue weighted by Crippen LogP contribution is 2.48. The van der Waals surface area contributed by atoms with Crippen LogP contribution in [-0.2, 0) is 14.9 Å². The molecule has 0 saturated heterocycles. The summed E-state index contributed by atoms with van der Waals surface area (Å²) in [6.07, 6.45) is 1.65. The van der Waals surface area contributed by atoms with Crippen LogP contribution in [0.5, 0.6) is 0 Å². The second-order valence-electron chi connectivity index (χ2n) is 4.91. The number of nitrogens with one attached hydrogen (secondary N) is 1. The monoisotopic (exact) mass is 244 g/mol. The minimum Gasteiger partial charge on any atom is -0.465 e. The first-order valence-electron chi connectivity index (χ1n) is 6.30. The van der Waals surface area contributed by atoms with Crippen molar-refractivity contribution in [2.24, 2.45) is 0 Å². The standard InChI is InChI=1S/C14H16N2O2/c1-3-18-13(17)14(6-7-14)12-15-10-5-4-9(2)8-11(10)16-12/h4-5,8H,3,6-7H2,1-2H3,(H,15,16). The van der Waals surface area contributed by atoms with E-state index < -0.39 is 5.41 Å². The van der Waals surface area contributed by atoms with Gasteiger partial charge in [-0.05, 0) is 44.4 Å². The van der Waals surface area contributed by atoms with Crippen LogP contribution in [0.25, 0.3) is 11.0 Å². The van der Waals surface area contributed by atoms with Crippen LogP contribution in [0, 0.1) is 6.92 Å². The summed E-state index contributed by atoms with van der Waals surface area (Å²) < 4.78 is 5.14. The second kappa shape index (κ2) is 3.83. The maximum atomic E-state index is 12.0. The van der Waals surface area contributed by atoms with Crippen LogP contribution in [0.4, 0.5) is 0 Å². The lowest BCUT2D eigenvalue weighted by atomic mass is 10.1. The van der Waals surface area contributed by atoms with Crippen molar-refractivity contribution in [2.45, 2.75) is 32.1 Å². The average Bonchev–Trinajstić information content (AvgIpc) is 3.05. The van der Waals surface area contributed by atoms with Gasteiger partial charge in [0.1, 0.15) is 11.2 Å². The van der Waals surface area contributed by atoms with Gasteiger partial charge in [0.15, 0.2) is 0 Å². The summed E-state index contributed by atoms with van der Waals surface area (Å²) in [6.45, 7) is 4.29. The molecule has 1 aliphatic rings. The van der Waals surface area contributed by atoms with E-state index >= 15 is 0 Å². The molecule has 0 bridgehead atoms. The molecule has 1 saturated carbocycles. The van der Waals surface area contributed by atoms with Gasteiger partial charge in [-0.25, -0.2) is 4.98 Å². The molecule has 0 spiro atoms. The summed E-state index contributed by atoms with van der Waals surface area (Å²) >= 11 is 0. The Morgan fingerprint density at radius 3 is 2.94 bits per heavy atom. The molecule has 0 unspecified atom stereocenters. The van der Waals surface area contributed by atoms with Gasteiger partial charge in [-0.2, -0.15) is 0 Å². The van der Waals surface area contributed by atoms with Gasteiger partial charge < -0.3 is 9.72 Å². The molecule has 0 radical (unpaired) electrons. The number of fused-ring (bicyclic) bond motifs is 1. The van der Waals surface area contributed by atoms with Crippen LogP contribution in [-0.4, -0.2) is 22.5 Å². The van der Waals surface area contributed by atoms with Crippen LogP contribution < -0.4 is 0 Å². The minimum absolute atomic E-state index is 0.152. The van der Waals surface area contributed by atoms with Crippen molar-refractivity contribution in [3.05, 3.63) is 29.6 Å². The third kappa shape index (κ3) is 1.60. The van der Waals surface area contributed by atoms with Crippen molar-refractivity contribution >= 4 is 17.0 Å². The summed E-state index contributed by atoms with van der Waals surface area (Å²) in [5, 5.41) is 0.